The number of ether oxygens (including phenoxy) is 3. The van der Waals surface area contributed by atoms with Crippen LogP contribution in [0.25, 0.3) is 0 Å². The van der Waals surface area contributed by atoms with E-state index in [1.807, 2.05) is 13.0 Å². The molecule has 0 aliphatic carbocycles. The number of amides is 1. The molecule has 3 N–H and O–H groups in total. The van der Waals surface area contributed by atoms with E-state index in [-0.39, 0.29) is 5.91 Å². The molecule has 32 heavy (non-hydrogen) atoms. The lowest BCUT2D eigenvalue weighted by Crippen LogP contribution is -2.35. The van der Waals surface area contributed by atoms with Crippen LogP contribution in [0.15, 0.2) is 29.4 Å². The molecule has 0 fully saturated rings. The number of carbonyl (C=O) groups excluding carboxylic acids is 1. The largest absolute Gasteiger partial charge is 0.493 e. The molecular weight excluding hydrogens is 410 g/mol. The fourth-order valence-corrected chi connectivity index (χ4v) is 3.54. The third-order valence-corrected chi connectivity index (χ3v) is 5.72. The minimum absolute atomic E-state index is 0.142. The van der Waals surface area contributed by atoms with Crippen LogP contribution in [-0.4, -0.2) is 48.7 Å². The second-order valence-corrected chi connectivity index (χ2v) is 8.81. The number of fused-ring (bicyclic) bond motifs is 1. The molecule has 0 aromatic heterocycles. The van der Waals surface area contributed by atoms with E-state index in [1.54, 1.807) is 27.0 Å². The monoisotopic (exact) mass is 447 g/mol. The maximum absolute atomic E-state index is 12.0. The van der Waals surface area contributed by atoms with Crippen molar-refractivity contribution in [3.63, 3.8) is 0 Å². The van der Waals surface area contributed by atoms with Gasteiger partial charge in [0.2, 0.25) is 5.75 Å². The van der Waals surface area contributed by atoms with Gasteiger partial charge in [0.15, 0.2) is 11.5 Å². The molecule has 0 bridgehead atoms. The number of methoxy groups -OCH3 is 2. The lowest BCUT2D eigenvalue weighted by Gasteiger charge is -2.24. The molecular formula is C25H37NO6. The topological polar surface area (TPSA) is 97.2 Å². The van der Waals surface area contributed by atoms with Crippen LogP contribution in [0, 0.1) is 0 Å². The molecule has 0 unspecified atom stereocenters. The number of carbonyl (C=O) groups is 1. The molecule has 178 valence electrons. The third kappa shape index (κ3) is 6.74. The van der Waals surface area contributed by atoms with Crippen molar-refractivity contribution < 1.29 is 29.2 Å². The number of aliphatic hydroxyl groups excluding tert-OH is 1. The van der Waals surface area contributed by atoms with Gasteiger partial charge in [0.05, 0.1) is 31.5 Å². The van der Waals surface area contributed by atoms with Gasteiger partial charge >= 0.3 is 0 Å². The Hall–Kier alpha value is -2.51. The Labute approximate surface area is 191 Å². The summed E-state index contributed by atoms with van der Waals surface area (Å²) in [4.78, 5) is 12.0. The molecule has 1 aliphatic heterocycles. The zero-order valence-electron chi connectivity index (χ0n) is 20.1. The summed E-state index contributed by atoms with van der Waals surface area (Å²) in [6, 6.07) is 1.69. The quantitative estimate of drug-likeness (QED) is 0.420. The molecule has 1 aromatic rings. The summed E-state index contributed by atoms with van der Waals surface area (Å²) < 4.78 is 16.9. The Bertz CT molecular complexity index is 866. The smallest absolute Gasteiger partial charge is 0.252 e. The molecule has 0 radical (unpaired) electrons. The fraction of sp³-hybridized carbons (Fsp3) is 0.560. The number of hydrogen-bond donors (Lipinski definition) is 3. The van der Waals surface area contributed by atoms with Gasteiger partial charge in [-0.15, -0.1) is 0 Å². The van der Waals surface area contributed by atoms with E-state index in [2.05, 4.69) is 18.3 Å². The van der Waals surface area contributed by atoms with Crippen molar-refractivity contribution in [1.82, 2.24) is 5.32 Å². The maximum Gasteiger partial charge on any atom is 0.252 e. The highest BCUT2D eigenvalue weighted by molar-refractivity contribution is 6.00. The predicted molar refractivity (Wildman–Crippen MR) is 124 cm³/mol. The van der Waals surface area contributed by atoms with Crippen LogP contribution in [0.3, 0.4) is 0 Å². The summed E-state index contributed by atoms with van der Waals surface area (Å²) in [6.07, 6.45) is 6.55. The van der Waals surface area contributed by atoms with Crippen molar-refractivity contribution in [2.24, 2.45) is 0 Å². The molecule has 1 aliphatic rings. The lowest BCUT2D eigenvalue weighted by atomic mass is 9.95. The van der Waals surface area contributed by atoms with E-state index in [1.165, 1.54) is 18.3 Å². The van der Waals surface area contributed by atoms with Crippen LogP contribution >= 0.6 is 0 Å². The van der Waals surface area contributed by atoms with Gasteiger partial charge in [0.25, 0.3) is 5.91 Å². The number of allylic oxidation sites excluding steroid dienone is 3. The zero-order chi connectivity index (χ0) is 23.9. The van der Waals surface area contributed by atoms with E-state index in [4.69, 9.17) is 14.2 Å². The number of hydrogen-bond acceptors (Lipinski definition) is 6. The zero-order valence-corrected chi connectivity index (χ0v) is 20.1. The Morgan fingerprint density at radius 3 is 2.47 bits per heavy atom. The molecule has 1 heterocycles. The van der Waals surface area contributed by atoms with Gasteiger partial charge in [-0.25, -0.2) is 0 Å². The van der Waals surface area contributed by atoms with Gasteiger partial charge in [0.1, 0.15) is 6.61 Å². The van der Waals surface area contributed by atoms with Crippen molar-refractivity contribution in [3.05, 3.63) is 40.5 Å². The Morgan fingerprint density at radius 2 is 1.84 bits per heavy atom. The first kappa shape index (κ1) is 25.7. The van der Waals surface area contributed by atoms with Crippen LogP contribution in [0.4, 0.5) is 0 Å². The van der Waals surface area contributed by atoms with Gasteiger partial charge in [0, 0.05) is 12.1 Å². The molecule has 1 atom stereocenters. The van der Waals surface area contributed by atoms with Crippen LogP contribution in [-0.2, 0) is 6.54 Å². The summed E-state index contributed by atoms with van der Waals surface area (Å²) in [5, 5.41) is 22.5. The van der Waals surface area contributed by atoms with E-state index in [9.17, 15) is 15.0 Å². The molecule has 7 nitrogen and oxygen atoms in total. The molecule has 0 saturated heterocycles. The van der Waals surface area contributed by atoms with Crippen LogP contribution in [0.5, 0.6) is 17.2 Å². The second kappa shape index (κ2) is 11.4. The summed E-state index contributed by atoms with van der Waals surface area (Å²) in [6.45, 7) is 8.12. The lowest BCUT2D eigenvalue weighted by molar-refractivity contribution is -0.0509. The molecule has 0 saturated carbocycles. The number of aliphatic hydroxyl groups is 2. The molecule has 1 aromatic carbocycles. The predicted octanol–water partition coefficient (Wildman–Crippen LogP) is 3.91. The van der Waals surface area contributed by atoms with E-state index >= 15 is 0 Å². The first-order valence-electron chi connectivity index (χ1n) is 11.0. The van der Waals surface area contributed by atoms with E-state index in [0.29, 0.717) is 42.4 Å². The van der Waals surface area contributed by atoms with Gasteiger partial charge < -0.3 is 29.7 Å². The Balaban J connectivity index is 1.91. The van der Waals surface area contributed by atoms with Gasteiger partial charge in [-0.2, -0.15) is 0 Å². The Morgan fingerprint density at radius 1 is 1.16 bits per heavy atom. The van der Waals surface area contributed by atoms with E-state index in [0.717, 1.165) is 24.8 Å². The van der Waals surface area contributed by atoms with Crippen molar-refractivity contribution in [2.75, 3.05) is 20.8 Å². The standard InChI is InChI=1S/C25H37NO6/c1-16(10-11-21(27)25(3,4)29)8-7-9-17(2)12-13-32-23-20(30-5)14-18-19(22(23)31-6)15-26-24(18)28/h8,12,14,21,27,29H,7,9-11,13,15H2,1-6H3,(H,26,28)/t21-/m0/s1. The first-order valence-corrected chi connectivity index (χ1v) is 11.0. The molecule has 1 amide bonds. The highest BCUT2D eigenvalue weighted by Crippen LogP contribution is 2.43. The number of rotatable bonds is 12. The maximum atomic E-state index is 12.0. The number of benzene rings is 1. The minimum atomic E-state index is -1.07. The highest BCUT2D eigenvalue weighted by Gasteiger charge is 2.28. The Kier molecular flexibility index (Phi) is 9.16. The average molecular weight is 448 g/mol. The highest BCUT2D eigenvalue weighted by atomic mass is 16.5. The van der Waals surface area contributed by atoms with Crippen LogP contribution in [0.1, 0.15) is 69.3 Å². The van der Waals surface area contributed by atoms with Crippen molar-refractivity contribution >= 4 is 5.91 Å². The molecule has 2 rings (SSSR count). The van der Waals surface area contributed by atoms with Crippen molar-refractivity contribution in [1.29, 1.82) is 0 Å². The first-order chi connectivity index (χ1) is 15.1. The summed E-state index contributed by atoms with van der Waals surface area (Å²) in [5.74, 6) is 1.35. The summed E-state index contributed by atoms with van der Waals surface area (Å²) in [7, 11) is 3.10. The number of nitrogens with one attached hydrogen (secondary N) is 1. The second-order valence-electron chi connectivity index (χ2n) is 8.81. The fourth-order valence-electron chi connectivity index (χ4n) is 3.54. The van der Waals surface area contributed by atoms with Gasteiger partial charge in [-0.05, 0) is 65.5 Å². The van der Waals surface area contributed by atoms with Crippen LogP contribution < -0.4 is 19.5 Å². The van der Waals surface area contributed by atoms with Gasteiger partial charge in [-0.3, -0.25) is 4.79 Å². The van der Waals surface area contributed by atoms with Crippen molar-refractivity contribution in [2.45, 2.75) is 71.6 Å². The van der Waals surface area contributed by atoms with Gasteiger partial charge in [-0.1, -0.05) is 17.2 Å². The van der Waals surface area contributed by atoms with Crippen LogP contribution in [0.2, 0.25) is 0 Å². The molecule has 7 heteroatoms. The SMILES string of the molecule is COc1cc2c(c(OC)c1OCC=C(C)CCC=C(C)CC[C@H](O)C(C)(C)O)CNC2=O. The average Bonchev–Trinajstić information content (AvgIpc) is 3.10. The summed E-state index contributed by atoms with van der Waals surface area (Å²) in [5.41, 5.74) is 2.66. The van der Waals surface area contributed by atoms with E-state index < -0.39 is 11.7 Å². The third-order valence-electron chi connectivity index (χ3n) is 5.72. The molecule has 0 spiro atoms. The minimum Gasteiger partial charge on any atom is -0.493 e. The summed E-state index contributed by atoms with van der Waals surface area (Å²) >= 11 is 0. The normalized spacial score (nSPS) is 15.3. The van der Waals surface area contributed by atoms with Crippen molar-refractivity contribution in [3.8, 4) is 17.2 Å².